The summed E-state index contributed by atoms with van der Waals surface area (Å²) in [5.41, 5.74) is 1.94. The maximum absolute atomic E-state index is 6.36. The van der Waals surface area contributed by atoms with Gasteiger partial charge in [0.15, 0.2) is 0 Å². The molecule has 20 heavy (non-hydrogen) atoms. The van der Waals surface area contributed by atoms with E-state index in [9.17, 15) is 0 Å². The molecule has 0 radical (unpaired) electrons. The molecule has 0 saturated carbocycles. The van der Waals surface area contributed by atoms with Crippen LogP contribution in [0, 0.1) is 0 Å². The molecule has 0 aliphatic carbocycles. The molecule has 4 nitrogen and oxygen atoms in total. The molecule has 0 spiro atoms. The molecule has 0 fully saturated rings. The maximum Gasteiger partial charge on any atom is 0.0937 e. The highest BCUT2D eigenvalue weighted by atomic mass is 35.5. The first kappa shape index (κ1) is 15.0. The van der Waals surface area contributed by atoms with Crippen LogP contribution in [0.5, 0.6) is 0 Å². The van der Waals surface area contributed by atoms with E-state index in [2.05, 4.69) is 36.2 Å². The molecule has 2 rings (SSSR count). The Morgan fingerprint density at radius 2 is 2.15 bits per heavy atom. The Hall–Kier alpha value is -1.39. The summed E-state index contributed by atoms with van der Waals surface area (Å²) in [7, 11) is 0. The zero-order valence-electron chi connectivity index (χ0n) is 12.2. The van der Waals surface area contributed by atoms with Gasteiger partial charge < -0.3 is 5.32 Å². The molecule has 0 aromatic carbocycles. The Morgan fingerprint density at radius 1 is 1.35 bits per heavy atom. The van der Waals surface area contributed by atoms with Crippen LogP contribution in [0.15, 0.2) is 30.6 Å². The van der Waals surface area contributed by atoms with Crippen molar-refractivity contribution < 1.29 is 0 Å². The van der Waals surface area contributed by atoms with Crippen LogP contribution in [0.2, 0.25) is 5.02 Å². The number of pyridine rings is 1. The first-order valence-electron chi connectivity index (χ1n) is 7.02. The Kier molecular flexibility index (Phi) is 5.15. The minimum absolute atomic E-state index is 0.0338. The van der Waals surface area contributed by atoms with Crippen molar-refractivity contribution >= 4 is 11.6 Å². The van der Waals surface area contributed by atoms with E-state index in [1.807, 2.05) is 22.9 Å². The fraction of sp³-hybridized carbons (Fsp3) is 0.467. The summed E-state index contributed by atoms with van der Waals surface area (Å²) in [6, 6.07) is 6.15. The molecule has 1 unspecified atom stereocenters. The van der Waals surface area contributed by atoms with Crippen molar-refractivity contribution in [1.82, 2.24) is 20.1 Å². The van der Waals surface area contributed by atoms with E-state index in [0.717, 1.165) is 24.4 Å². The third-order valence-electron chi connectivity index (χ3n) is 3.13. The van der Waals surface area contributed by atoms with Gasteiger partial charge in [-0.2, -0.15) is 5.10 Å². The van der Waals surface area contributed by atoms with Crippen molar-refractivity contribution in [2.45, 2.75) is 39.3 Å². The van der Waals surface area contributed by atoms with E-state index in [4.69, 9.17) is 11.6 Å². The van der Waals surface area contributed by atoms with Gasteiger partial charge in [0.05, 0.1) is 28.6 Å². The summed E-state index contributed by atoms with van der Waals surface area (Å²) in [4.78, 5) is 4.47. The average molecular weight is 293 g/mol. The summed E-state index contributed by atoms with van der Waals surface area (Å²) >= 11 is 6.36. The predicted octanol–water partition coefficient (Wildman–Crippen LogP) is 3.60. The Balaban J connectivity index is 2.44. The number of nitrogens with zero attached hydrogens (tertiary/aromatic N) is 3. The minimum Gasteiger partial charge on any atom is -0.304 e. The number of nitrogens with one attached hydrogen (secondary N) is 1. The Morgan fingerprint density at radius 3 is 2.75 bits per heavy atom. The maximum atomic E-state index is 6.36. The molecule has 0 aliphatic rings. The van der Waals surface area contributed by atoms with Gasteiger partial charge in [-0.3, -0.25) is 9.67 Å². The number of hydrogen-bond donors (Lipinski definition) is 1. The average Bonchev–Trinajstić information content (AvgIpc) is 2.83. The molecule has 0 amide bonds. The van der Waals surface area contributed by atoms with Crippen LogP contribution >= 0.6 is 11.6 Å². The van der Waals surface area contributed by atoms with Gasteiger partial charge in [0.2, 0.25) is 0 Å². The van der Waals surface area contributed by atoms with Crippen molar-refractivity contribution in [3.8, 4) is 0 Å². The lowest BCUT2D eigenvalue weighted by Gasteiger charge is -2.21. The van der Waals surface area contributed by atoms with Crippen LogP contribution in [-0.2, 0) is 0 Å². The van der Waals surface area contributed by atoms with Crippen LogP contribution < -0.4 is 5.32 Å². The van der Waals surface area contributed by atoms with Gasteiger partial charge in [-0.15, -0.1) is 0 Å². The summed E-state index contributed by atoms with van der Waals surface area (Å²) in [6.07, 6.45) is 4.57. The van der Waals surface area contributed by atoms with Gasteiger partial charge in [-0.1, -0.05) is 24.6 Å². The highest BCUT2D eigenvalue weighted by molar-refractivity contribution is 6.31. The lowest BCUT2D eigenvalue weighted by Crippen LogP contribution is -2.27. The lowest BCUT2D eigenvalue weighted by atomic mass is 10.1. The van der Waals surface area contributed by atoms with Crippen LogP contribution in [0.1, 0.15) is 50.7 Å². The van der Waals surface area contributed by atoms with Gasteiger partial charge >= 0.3 is 0 Å². The fourth-order valence-corrected chi connectivity index (χ4v) is 2.45. The molecular weight excluding hydrogens is 272 g/mol. The summed E-state index contributed by atoms with van der Waals surface area (Å²) in [5.74, 6) is 0. The molecule has 0 bridgehead atoms. The SMILES string of the molecule is CCCNC(c1ccccn1)c1c(Cl)cnn1C(C)C. The van der Waals surface area contributed by atoms with Gasteiger partial charge in [0.1, 0.15) is 0 Å². The molecule has 0 aliphatic heterocycles. The normalized spacial score (nSPS) is 12.8. The second-order valence-corrected chi connectivity index (χ2v) is 5.47. The van der Waals surface area contributed by atoms with E-state index in [1.165, 1.54) is 0 Å². The fourth-order valence-electron chi connectivity index (χ4n) is 2.21. The number of aromatic nitrogens is 3. The third-order valence-corrected chi connectivity index (χ3v) is 3.42. The molecule has 2 aromatic heterocycles. The number of halogens is 1. The predicted molar refractivity (Wildman–Crippen MR) is 82.0 cm³/mol. The van der Waals surface area contributed by atoms with Crippen molar-refractivity contribution in [2.75, 3.05) is 6.54 Å². The standard InChI is InChI=1S/C15H21ClN4/c1-4-8-18-14(13-7-5-6-9-17-13)15-12(16)10-19-20(15)11(2)3/h5-7,9-11,14,18H,4,8H2,1-3H3. The quantitative estimate of drug-likeness (QED) is 0.884. The topological polar surface area (TPSA) is 42.7 Å². The summed E-state index contributed by atoms with van der Waals surface area (Å²) < 4.78 is 1.96. The van der Waals surface area contributed by atoms with Crippen molar-refractivity contribution in [3.05, 3.63) is 47.0 Å². The van der Waals surface area contributed by atoms with Crippen LogP contribution in [0.4, 0.5) is 0 Å². The molecule has 1 N–H and O–H groups in total. The second kappa shape index (κ2) is 6.86. The van der Waals surface area contributed by atoms with Gasteiger partial charge in [-0.25, -0.2) is 0 Å². The molecule has 108 valence electrons. The van der Waals surface area contributed by atoms with Crippen molar-refractivity contribution in [3.63, 3.8) is 0 Å². The molecule has 0 saturated heterocycles. The Labute approximate surface area is 125 Å². The van der Waals surface area contributed by atoms with E-state index >= 15 is 0 Å². The number of hydrogen-bond acceptors (Lipinski definition) is 3. The van der Waals surface area contributed by atoms with Crippen molar-refractivity contribution in [1.29, 1.82) is 0 Å². The lowest BCUT2D eigenvalue weighted by molar-refractivity contribution is 0.468. The zero-order valence-corrected chi connectivity index (χ0v) is 12.9. The van der Waals surface area contributed by atoms with E-state index < -0.39 is 0 Å². The Bertz CT molecular complexity index is 536. The van der Waals surface area contributed by atoms with Crippen LogP contribution in [0.3, 0.4) is 0 Å². The van der Waals surface area contributed by atoms with E-state index in [0.29, 0.717) is 5.02 Å². The first-order valence-corrected chi connectivity index (χ1v) is 7.40. The van der Waals surface area contributed by atoms with Crippen LogP contribution in [-0.4, -0.2) is 21.3 Å². The monoisotopic (exact) mass is 292 g/mol. The zero-order chi connectivity index (χ0) is 14.5. The summed E-state index contributed by atoms with van der Waals surface area (Å²) in [6.45, 7) is 7.24. The highest BCUT2D eigenvalue weighted by Crippen LogP contribution is 2.29. The summed E-state index contributed by atoms with van der Waals surface area (Å²) in [5, 5.41) is 8.58. The van der Waals surface area contributed by atoms with Gasteiger partial charge in [-0.05, 0) is 38.9 Å². The molecule has 5 heteroatoms. The molecule has 2 heterocycles. The minimum atomic E-state index is -0.0338. The van der Waals surface area contributed by atoms with E-state index in [1.54, 1.807) is 12.4 Å². The first-order chi connectivity index (χ1) is 9.65. The highest BCUT2D eigenvalue weighted by Gasteiger charge is 2.23. The van der Waals surface area contributed by atoms with Crippen LogP contribution in [0.25, 0.3) is 0 Å². The van der Waals surface area contributed by atoms with E-state index in [-0.39, 0.29) is 12.1 Å². The van der Waals surface area contributed by atoms with Crippen molar-refractivity contribution in [2.24, 2.45) is 0 Å². The molecular formula is C15H21ClN4. The third kappa shape index (κ3) is 3.19. The molecule has 1 atom stereocenters. The van der Waals surface area contributed by atoms with Gasteiger partial charge in [0, 0.05) is 12.2 Å². The largest absolute Gasteiger partial charge is 0.304 e. The smallest absolute Gasteiger partial charge is 0.0937 e. The van der Waals surface area contributed by atoms with Gasteiger partial charge in [0.25, 0.3) is 0 Å². The second-order valence-electron chi connectivity index (χ2n) is 5.06. The molecule has 2 aromatic rings. The number of rotatable bonds is 6.